The van der Waals surface area contributed by atoms with Gasteiger partial charge in [-0.2, -0.15) is 18.3 Å². The normalized spacial score (nSPS) is 21.1. The summed E-state index contributed by atoms with van der Waals surface area (Å²) in [7, 11) is 0. The fourth-order valence-corrected chi connectivity index (χ4v) is 4.22. The van der Waals surface area contributed by atoms with Gasteiger partial charge in [0.05, 0.1) is 17.6 Å². The van der Waals surface area contributed by atoms with Gasteiger partial charge in [-0.25, -0.2) is 9.78 Å². The number of fused-ring (bicyclic) bond motifs is 2. The van der Waals surface area contributed by atoms with Crippen LogP contribution in [0.25, 0.3) is 0 Å². The Hall–Kier alpha value is -2.98. The number of nitrogens with zero attached hydrogens (tertiary/aromatic N) is 4. The lowest BCUT2D eigenvalue weighted by atomic mass is 10.1. The van der Waals surface area contributed by atoms with Gasteiger partial charge >= 0.3 is 12.3 Å². The van der Waals surface area contributed by atoms with E-state index in [0.29, 0.717) is 18.9 Å². The Morgan fingerprint density at radius 1 is 1.12 bits per heavy atom. The number of aromatic nitrogens is 3. The van der Waals surface area contributed by atoms with Crippen LogP contribution in [0.4, 0.5) is 35.4 Å². The third kappa shape index (κ3) is 4.76. The lowest BCUT2D eigenvalue weighted by molar-refractivity contribution is -0.137. The number of carbonyl (C=O) groups excluding carboxylic acids is 1. The number of hydrogen-bond acceptors (Lipinski definition) is 6. The zero-order valence-corrected chi connectivity index (χ0v) is 18.5. The highest BCUT2D eigenvalue weighted by Crippen LogP contribution is 2.37. The van der Waals surface area contributed by atoms with Crippen molar-refractivity contribution in [1.29, 1.82) is 0 Å². The molecule has 0 saturated carbocycles. The van der Waals surface area contributed by atoms with Crippen molar-refractivity contribution in [2.75, 3.05) is 23.3 Å². The fraction of sp³-hybridized carbons (Fsp3) is 0.571. The monoisotopic (exact) mass is 452 g/mol. The molecule has 2 aromatic heterocycles. The van der Waals surface area contributed by atoms with Gasteiger partial charge in [-0.05, 0) is 52.7 Å². The number of H-pyrrole nitrogens is 1. The van der Waals surface area contributed by atoms with Crippen LogP contribution in [0.15, 0.2) is 18.2 Å². The Morgan fingerprint density at radius 3 is 2.31 bits per heavy atom. The van der Waals surface area contributed by atoms with Crippen molar-refractivity contribution in [1.82, 2.24) is 20.1 Å². The van der Waals surface area contributed by atoms with Gasteiger partial charge in [0.1, 0.15) is 17.2 Å². The van der Waals surface area contributed by atoms with Gasteiger partial charge in [-0.3, -0.25) is 10.00 Å². The third-order valence-corrected chi connectivity index (χ3v) is 5.51. The maximum atomic E-state index is 13.6. The number of rotatable bonds is 3. The summed E-state index contributed by atoms with van der Waals surface area (Å²) in [6, 6.07) is 3.44. The molecule has 2 saturated heterocycles. The summed E-state index contributed by atoms with van der Waals surface area (Å²) in [4.78, 5) is 20.6. The highest BCUT2D eigenvalue weighted by atomic mass is 19.4. The zero-order valence-electron chi connectivity index (χ0n) is 18.5. The van der Waals surface area contributed by atoms with Gasteiger partial charge in [-0.15, -0.1) is 0 Å². The summed E-state index contributed by atoms with van der Waals surface area (Å²) in [6.45, 7) is 8.01. The second kappa shape index (κ2) is 7.86. The maximum absolute atomic E-state index is 13.6. The molecule has 2 aliphatic rings. The van der Waals surface area contributed by atoms with Crippen LogP contribution in [0.2, 0.25) is 0 Å². The van der Waals surface area contributed by atoms with E-state index >= 15 is 0 Å². The van der Waals surface area contributed by atoms with Crippen LogP contribution in [0.5, 0.6) is 0 Å². The largest absolute Gasteiger partial charge is 0.444 e. The number of aromatic amines is 1. The number of hydrogen-bond donors (Lipinski definition) is 2. The second-order valence-corrected chi connectivity index (χ2v) is 9.34. The summed E-state index contributed by atoms with van der Waals surface area (Å²) in [5.41, 5.74) is -0.629. The molecule has 0 aliphatic carbocycles. The maximum Gasteiger partial charge on any atom is 0.416 e. The van der Waals surface area contributed by atoms with Crippen LogP contribution in [0.3, 0.4) is 0 Å². The van der Waals surface area contributed by atoms with Crippen molar-refractivity contribution < 1.29 is 22.7 Å². The number of carbonyl (C=O) groups is 1. The topological polar surface area (TPSA) is 86.4 Å². The molecule has 1 amide bonds. The average molecular weight is 452 g/mol. The van der Waals surface area contributed by atoms with Crippen LogP contribution >= 0.6 is 0 Å². The van der Waals surface area contributed by atoms with E-state index in [1.807, 2.05) is 25.7 Å². The molecule has 0 unspecified atom stereocenters. The van der Waals surface area contributed by atoms with E-state index in [4.69, 9.17) is 4.74 Å². The molecule has 4 rings (SSSR count). The molecule has 2 aliphatic heterocycles. The molecule has 4 heterocycles. The van der Waals surface area contributed by atoms with E-state index in [1.54, 1.807) is 17.9 Å². The quantitative estimate of drug-likeness (QED) is 0.715. The predicted molar refractivity (Wildman–Crippen MR) is 113 cm³/mol. The van der Waals surface area contributed by atoms with E-state index in [-0.39, 0.29) is 29.8 Å². The van der Waals surface area contributed by atoms with Crippen molar-refractivity contribution in [3.05, 3.63) is 29.5 Å². The number of nitrogens with one attached hydrogen (secondary N) is 2. The highest BCUT2D eigenvalue weighted by Gasteiger charge is 2.45. The molecule has 8 nitrogen and oxygen atoms in total. The second-order valence-electron chi connectivity index (χ2n) is 9.34. The van der Waals surface area contributed by atoms with Crippen molar-refractivity contribution in [3.8, 4) is 0 Å². The lowest BCUT2D eigenvalue weighted by Gasteiger charge is -2.42. The minimum Gasteiger partial charge on any atom is -0.444 e. The highest BCUT2D eigenvalue weighted by molar-refractivity contribution is 5.70. The molecule has 0 radical (unpaired) electrons. The minimum atomic E-state index is -4.52. The third-order valence-electron chi connectivity index (χ3n) is 5.51. The summed E-state index contributed by atoms with van der Waals surface area (Å²) in [6.07, 6.45) is -3.35. The molecule has 174 valence electrons. The molecule has 2 N–H and O–H groups in total. The first-order valence-electron chi connectivity index (χ1n) is 10.5. The van der Waals surface area contributed by atoms with E-state index < -0.39 is 17.3 Å². The minimum absolute atomic E-state index is 0.0586. The number of ether oxygens (including phenoxy) is 1. The number of pyridine rings is 1. The fourth-order valence-electron chi connectivity index (χ4n) is 4.22. The Kier molecular flexibility index (Phi) is 5.46. The number of piperazine rings is 1. The summed E-state index contributed by atoms with van der Waals surface area (Å²) in [5.74, 6) is 0.661. The number of alkyl halides is 3. The van der Waals surface area contributed by atoms with E-state index in [0.717, 1.165) is 30.7 Å². The summed E-state index contributed by atoms with van der Waals surface area (Å²) >= 11 is 0. The molecule has 0 spiro atoms. The van der Waals surface area contributed by atoms with Crippen LogP contribution in [0.1, 0.15) is 44.9 Å². The van der Waals surface area contributed by atoms with Gasteiger partial charge in [0.25, 0.3) is 0 Å². The molecular formula is C21H27F3N6O2. The van der Waals surface area contributed by atoms with E-state index in [1.165, 1.54) is 0 Å². The molecule has 2 fully saturated rings. The summed E-state index contributed by atoms with van der Waals surface area (Å²) in [5, 5.41) is 9.59. The van der Waals surface area contributed by atoms with Gasteiger partial charge in [0.15, 0.2) is 5.82 Å². The molecule has 2 bridgehead atoms. The van der Waals surface area contributed by atoms with Gasteiger partial charge in [0.2, 0.25) is 0 Å². The molecular weight excluding hydrogens is 425 g/mol. The molecule has 11 heteroatoms. The standard InChI is InChI=1S/C21H27F3N6O2/c1-12-7-17(28-27-12)25-16-8-13(21(22,23)24)9-18(26-16)29-10-14-5-6-15(11-29)30(14)19(31)32-20(2,3)4/h7-9,14-15H,5-6,10-11H2,1-4H3,(H2,25,26,27,28)/t14-,15+. The molecule has 2 atom stereocenters. The molecule has 0 aromatic carbocycles. The van der Waals surface area contributed by atoms with Crippen molar-refractivity contribution in [3.63, 3.8) is 0 Å². The first-order valence-corrected chi connectivity index (χ1v) is 10.5. The Morgan fingerprint density at radius 2 is 1.78 bits per heavy atom. The Balaban J connectivity index is 1.58. The number of aryl methyl sites for hydroxylation is 1. The summed E-state index contributed by atoms with van der Waals surface area (Å²) < 4.78 is 46.3. The van der Waals surface area contributed by atoms with Gasteiger partial charge in [-0.1, -0.05) is 0 Å². The number of halogens is 3. The molecule has 32 heavy (non-hydrogen) atoms. The average Bonchev–Trinajstić information content (AvgIpc) is 3.19. The number of amides is 1. The zero-order chi connectivity index (χ0) is 23.3. The SMILES string of the molecule is Cc1cc(Nc2cc(C(F)(F)F)cc(N3C[C@H]4CC[C@@H](C3)N4C(=O)OC(C)(C)C)n2)n[nH]1. The first kappa shape index (κ1) is 22.2. The van der Waals surface area contributed by atoms with E-state index in [2.05, 4.69) is 20.5 Å². The van der Waals surface area contributed by atoms with Crippen molar-refractivity contribution in [2.24, 2.45) is 0 Å². The van der Waals surface area contributed by atoms with Crippen LogP contribution in [-0.4, -0.2) is 56.9 Å². The van der Waals surface area contributed by atoms with Gasteiger partial charge < -0.3 is 15.0 Å². The van der Waals surface area contributed by atoms with Crippen molar-refractivity contribution in [2.45, 2.75) is 64.4 Å². The van der Waals surface area contributed by atoms with Crippen LogP contribution < -0.4 is 10.2 Å². The van der Waals surface area contributed by atoms with Crippen molar-refractivity contribution >= 4 is 23.5 Å². The number of anilines is 3. The van der Waals surface area contributed by atoms with Crippen LogP contribution in [-0.2, 0) is 10.9 Å². The van der Waals surface area contributed by atoms with Crippen LogP contribution in [0, 0.1) is 6.92 Å². The Labute approximate surface area is 184 Å². The van der Waals surface area contributed by atoms with E-state index in [9.17, 15) is 18.0 Å². The molecule has 2 aromatic rings. The lowest BCUT2D eigenvalue weighted by Crippen LogP contribution is -2.57. The van der Waals surface area contributed by atoms with Gasteiger partial charge in [0, 0.05) is 24.8 Å². The Bertz CT molecular complexity index is 986. The first-order chi connectivity index (χ1) is 14.9. The smallest absolute Gasteiger partial charge is 0.416 e. The predicted octanol–water partition coefficient (Wildman–Crippen LogP) is 4.46.